The molecule has 5 nitrogen and oxygen atoms in total. The number of fused-ring (bicyclic) bond motifs is 2. The molecule has 2 amide bonds. The van der Waals surface area contributed by atoms with Crippen molar-refractivity contribution >= 4 is 62.9 Å². The number of benzene rings is 2. The molecule has 3 aromatic rings. The van der Waals surface area contributed by atoms with Crippen molar-refractivity contribution in [3.8, 4) is 0 Å². The number of halogens is 1. The molecule has 1 fully saturated rings. The minimum Gasteiger partial charge on any atom is -0.301 e. The molecule has 3 heterocycles. The number of likely N-dealkylation sites (N-methyl/N-ethyl adjacent to an activating group) is 2. The van der Waals surface area contributed by atoms with Crippen LogP contribution in [0.4, 0.5) is 20.8 Å². The van der Waals surface area contributed by atoms with Crippen LogP contribution < -0.4 is 4.90 Å². The van der Waals surface area contributed by atoms with Gasteiger partial charge in [-0.1, -0.05) is 38.1 Å². The second-order valence-electron chi connectivity index (χ2n) is 9.05. The van der Waals surface area contributed by atoms with Crippen LogP contribution in [0.1, 0.15) is 42.7 Å². The standard InChI is InChI=1S/C28H26FN3O2S2/c1-5-28(6-2)20-9-7-8-10-22(20)32(23-15-17(29)11-13-21(23)28)24-14-12-18(36-24)16-19-25(33)30(3)27(35)31(4)26(19)34/h7-16H,5-6H2,1-4H3. The van der Waals surface area contributed by atoms with E-state index in [4.69, 9.17) is 12.2 Å². The highest BCUT2D eigenvalue weighted by atomic mass is 32.1. The van der Waals surface area contributed by atoms with Crippen molar-refractivity contribution in [1.82, 2.24) is 9.80 Å². The van der Waals surface area contributed by atoms with Crippen molar-refractivity contribution in [3.63, 3.8) is 0 Å². The molecule has 0 aliphatic carbocycles. The normalized spacial score (nSPS) is 16.9. The largest absolute Gasteiger partial charge is 0.301 e. The maximum absolute atomic E-state index is 14.6. The summed E-state index contributed by atoms with van der Waals surface area (Å²) < 4.78 is 14.6. The van der Waals surface area contributed by atoms with E-state index < -0.39 is 11.8 Å². The smallest absolute Gasteiger partial charge is 0.265 e. The number of hydrogen-bond acceptors (Lipinski definition) is 5. The summed E-state index contributed by atoms with van der Waals surface area (Å²) in [5.41, 5.74) is 3.96. The van der Waals surface area contributed by atoms with Gasteiger partial charge in [0.25, 0.3) is 11.8 Å². The first-order valence-electron chi connectivity index (χ1n) is 11.8. The van der Waals surface area contributed by atoms with Crippen LogP contribution in [0.25, 0.3) is 6.08 Å². The first-order chi connectivity index (χ1) is 17.2. The van der Waals surface area contributed by atoms with E-state index in [1.165, 1.54) is 32.8 Å². The highest BCUT2D eigenvalue weighted by Gasteiger charge is 2.41. The molecule has 0 atom stereocenters. The number of para-hydroxylation sites is 1. The number of thiophene rings is 1. The summed E-state index contributed by atoms with van der Waals surface area (Å²) >= 11 is 6.63. The van der Waals surface area contributed by atoms with E-state index in [1.807, 2.05) is 30.3 Å². The minimum atomic E-state index is -0.426. The van der Waals surface area contributed by atoms with E-state index in [2.05, 4.69) is 30.9 Å². The molecule has 5 rings (SSSR count). The van der Waals surface area contributed by atoms with E-state index >= 15 is 0 Å². The van der Waals surface area contributed by atoms with Crippen LogP contribution in [-0.4, -0.2) is 40.8 Å². The number of nitrogens with zero attached hydrogens (tertiary/aromatic N) is 3. The maximum atomic E-state index is 14.6. The average molecular weight is 520 g/mol. The van der Waals surface area contributed by atoms with Gasteiger partial charge in [0, 0.05) is 24.4 Å². The predicted octanol–water partition coefficient (Wildman–Crippen LogP) is 6.38. The van der Waals surface area contributed by atoms with E-state index in [9.17, 15) is 14.0 Å². The van der Waals surface area contributed by atoms with Crippen LogP contribution in [0.2, 0.25) is 0 Å². The van der Waals surface area contributed by atoms with Crippen LogP contribution in [0, 0.1) is 5.82 Å². The fraction of sp³-hybridized carbons (Fsp3) is 0.250. The van der Waals surface area contributed by atoms with E-state index in [0.29, 0.717) is 0 Å². The molecule has 0 spiro atoms. The quantitative estimate of drug-likeness (QED) is 0.228. The summed E-state index contributed by atoms with van der Waals surface area (Å²) in [5, 5.41) is 1.04. The molecule has 184 valence electrons. The first kappa shape index (κ1) is 24.3. The van der Waals surface area contributed by atoms with Crippen LogP contribution in [0.3, 0.4) is 0 Å². The molecular formula is C28H26FN3O2S2. The summed E-state index contributed by atoms with van der Waals surface area (Å²) in [5.74, 6) is -1.15. The summed E-state index contributed by atoms with van der Waals surface area (Å²) in [4.78, 5) is 31.0. The van der Waals surface area contributed by atoms with Crippen molar-refractivity contribution in [2.24, 2.45) is 0 Å². The lowest BCUT2D eigenvalue weighted by Crippen LogP contribution is -2.52. The Balaban J connectivity index is 1.65. The van der Waals surface area contributed by atoms with Gasteiger partial charge >= 0.3 is 0 Å². The molecule has 0 N–H and O–H groups in total. The molecular weight excluding hydrogens is 493 g/mol. The molecule has 8 heteroatoms. The second kappa shape index (κ2) is 8.94. The highest BCUT2D eigenvalue weighted by Crippen LogP contribution is 2.55. The van der Waals surface area contributed by atoms with E-state index in [-0.39, 0.29) is 21.9 Å². The lowest BCUT2D eigenvalue weighted by atomic mass is 9.67. The fourth-order valence-electron chi connectivity index (χ4n) is 5.35. The number of thiocarbonyl (C=S) groups is 1. The Bertz CT molecular complexity index is 1410. The zero-order chi connectivity index (χ0) is 25.8. The van der Waals surface area contributed by atoms with Crippen molar-refractivity contribution in [2.75, 3.05) is 19.0 Å². The molecule has 0 radical (unpaired) electrons. The Kier molecular flexibility index (Phi) is 6.04. The molecule has 36 heavy (non-hydrogen) atoms. The molecule has 0 saturated carbocycles. The number of carbonyl (C=O) groups excluding carboxylic acids is 2. The summed E-state index contributed by atoms with van der Waals surface area (Å²) in [6, 6.07) is 17.1. The van der Waals surface area contributed by atoms with E-state index in [0.717, 1.165) is 39.7 Å². The van der Waals surface area contributed by atoms with Gasteiger partial charge in [-0.2, -0.15) is 0 Å². The number of rotatable bonds is 4. The van der Waals surface area contributed by atoms with Crippen LogP contribution in [0.5, 0.6) is 0 Å². The Morgan fingerprint density at radius 3 is 2.22 bits per heavy atom. The van der Waals surface area contributed by atoms with Gasteiger partial charge in [-0.15, -0.1) is 11.3 Å². The molecule has 2 aromatic carbocycles. The molecule has 0 bridgehead atoms. The zero-order valence-electron chi connectivity index (χ0n) is 20.5. The van der Waals surface area contributed by atoms with Gasteiger partial charge in [-0.05, 0) is 72.6 Å². The molecule has 2 aliphatic rings. The third-order valence-electron chi connectivity index (χ3n) is 7.35. The van der Waals surface area contributed by atoms with Gasteiger partial charge in [0.05, 0.1) is 11.4 Å². The van der Waals surface area contributed by atoms with Crippen molar-refractivity contribution < 1.29 is 14.0 Å². The van der Waals surface area contributed by atoms with Crippen molar-refractivity contribution in [3.05, 3.63) is 82.0 Å². The highest BCUT2D eigenvalue weighted by molar-refractivity contribution is 7.80. The first-order valence-corrected chi connectivity index (χ1v) is 13.1. The van der Waals surface area contributed by atoms with Gasteiger partial charge in [0.15, 0.2) is 5.11 Å². The summed E-state index contributed by atoms with van der Waals surface area (Å²) in [6.45, 7) is 4.35. The molecule has 0 unspecified atom stereocenters. The van der Waals surface area contributed by atoms with E-state index in [1.54, 1.807) is 26.2 Å². The van der Waals surface area contributed by atoms with Crippen LogP contribution in [0.15, 0.2) is 60.2 Å². The maximum Gasteiger partial charge on any atom is 0.265 e. The Morgan fingerprint density at radius 1 is 0.917 bits per heavy atom. The number of amides is 2. The van der Waals surface area contributed by atoms with Gasteiger partial charge in [-0.25, -0.2) is 4.39 Å². The summed E-state index contributed by atoms with van der Waals surface area (Å²) in [6.07, 6.45) is 3.39. The van der Waals surface area contributed by atoms with Crippen molar-refractivity contribution in [1.29, 1.82) is 0 Å². The minimum absolute atomic E-state index is 0.0588. The van der Waals surface area contributed by atoms with Crippen LogP contribution in [-0.2, 0) is 15.0 Å². The van der Waals surface area contributed by atoms with Gasteiger partial charge < -0.3 is 4.90 Å². The van der Waals surface area contributed by atoms with Gasteiger partial charge in [-0.3, -0.25) is 19.4 Å². The SMILES string of the molecule is CCC1(CC)c2ccccc2N(c2ccc(C=C3C(=O)N(C)C(=S)N(C)C3=O)s2)c2cc(F)ccc21. The van der Waals surface area contributed by atoms with Crippen LogP contribution >= 0.6 is 23.6 Å². The number of carbonyl (C=O) groups is 2. The van der Waals surface area contributed by atoms with Gasteiger partial charge in [0.1, 0.15) is 16.4 Å². The Morgan fingerprint density at radius 2 is 1.56 bits per heavy atom. The number of anilines is 3. The summed E-state index contributed by atoms with van der Waals surface area (Å²) in [7, 11) is 3.12. The Hall–Kier alpha value is -3.36. The average Bonchev–Trinajstić information content (AvgIpc) is 3.35. The number of hydrogen-bond donors (Lipinski definition) is 0. The zero-order valence-corrected chi connectivity index (χ0v) is 22.2. The second-order valence-corrected chi connectivity index (χ2v) is 10.5. The monoisotopic (exact) mass is 519 g/mol. The molecule has 1 aromatic heterocycles. The van der Waals surface area contributed by atoms with Gasteiger partial charge in [0.2, 0.25) is 0 Å². The Labute approximate surface area is 219 Å². The molecule has 1 saturated heterocycles. The third-order valence-corrected chi connectivity index (χ3v) is 8.91. The topological polar surface area (TPSA) is 43.9 Å². The fourth-order valence-corrected chi connectivity index (χ4v) is 6.49. The predicted molar refractivity (Wildman–Crippen MR) is 146 cm³/mol. The third kappa shape index (κ3) is 3.50. The lowest BCUT2D eigenvalue weighted by molar-refractivity contribution is -0.132. The molecule has 2 aliphatic heterocycles. The lowest BCUT2D eigenvalue weighted by Gasteiger charge is -2.44. The van der Waals surface area contributed by atoms with Crippen molar-refractivity contribution in [2.45, 2.75) is 32.1 Å².